The summed E-state index contributed by atoms with van der Waals surface area (Å²) in [6, 6.07) is 0. The Labute approximate surface area is 109 Å². The summed E-state index contributed by atoms with van der Waals surface area (Å²) in [4.78, 5) is 4.45. The molecule has 0 spiro atoms. The molecule has 1 atom stereocenters. The van der Waals surface area contributed by atoms with Crippen molar-refractivity contribution >= 4 is 11.3 Å². The summed E-state index contributed by atoms with van der Waals surface area (Å²) in [5.41, 5.74) is 3.79. The van der Waals surface area contributed by atoms with E-state index in [-0.39, 0.29) is 5.54 Å². The quantitative estimate of drug-likeness (QED) is 0.867. The number of hydrogen-bond donors (Lipinski definition) is 1. The zero-order chi connectivity index (χ0) is 12.5. The Hall–Kier alpha value is -0.410. The monoisotopic (exact) mass is 252 g/mol. The molecule has 96 valence electrons. The number of nitrogens with one attached hydrogen (secondary N) is 1. The Morgan fingerprint density at radius 1 is 1.35 bits per heavy atom. The molecule has 0 aromatic carbocycles. The maximum atomic E-state index is 4.45. The van der Waals surface area contributed by atoms with Crippen molar-refractivity contribution in [3.63, 3.8) is 0 Å². The molecule has 1 aromatic rings. The SMILES string of the molecule is CC(C)(C)NCC(C)(Cc1cscn1)C1CC1. The maximum Gasteiger partial charge on any atom is 0.0794 e. The second kappa shape index (κ2) is 4.69. The van der Waals surface area contributed by atoms with E-state index in [9.17, 15) is 0 Å². The molecule has 3 heteroatoms. The molecule has 2 rings (SSSR count). The van der Waals surface area contributed by atoms with Gasteiger partial charge in [0.1, 0.15) is 0 Å². The van der Waals surface area contributed by atoms with Crippen LogP contribution in [-0.2, 0) is 6.42 Å². The molecule has 0 bridgehead atoms. The van der Waals surface area contributed by atoms with Crippen molar-refractivity contribution in [2.45, 2.75) is 52.5 Å². The molecular weight excluding hydrogens is 228 g/mol. The standard InChI is InChI=1S/C14H24N2S/c1-13(2,3)16-9-14(4,11-5-6-11)7-12-8-17-10-15-12/h8,10-11,16H,5-7,9H2,1-4H3. The molecule has 17 heavy (non-hydrogen) atoms. The summed E-state index contributed by atoms with van der Waals surface area (Å²) >= 11 is 1.70. The van der Waals surface area contributed by atoms with Gasteiger partial charge in [-0.3, -0.25) is 0 Å². The predicted octanol–water partition coefficient (Wildman–Crippen LogP) is 3.49. The average molecular weight is 252 g/mol. The van der Waals surface area contributed by atoms with Crippen molar-refractivity contribution in [1.29, 1.82) is 0 Å². The highest BCUT2D eigenvalue weighted by Gasteiger charge is 2.42. The first-order chi connectivity index (χ1) is 7.89. The van der Waals surface area contributed by atoms with Crippen LogP contribution in [0.1, 0.15) is 46.2 Å². The minimum Gasteiger partial charge on any atom is -0.312 e. The van der Waals surface area contributed by atoms with E-state index in [1.165, 1.54) is 18.5 Å². The van der Waals surface area contributed by atoms with Gasteiger partial charge >= 0.3 is 0 Å². The Morgan fingerprint density at radius 2 is 2.06 bits per heavy atom. The Bertz CT molecular complexity index is 349. The molecule has 1 N–H and O–H groups in total. The van der Waals surface area contributed by atoms with Crippen LogP contribution in [0.15, 0.2) is 10.9 Å². The lowest BCUT2D eigenvalue weighted by molar-refractivity contribution is 0.226. The van der Waals surface area contributed by atoms with E-state index in [2.05, 4.69) is 43.4 Å². The van der Waals surface area contributed by atoms with Crippen LogP contribution in [0, 0.1) is 11.3 Å². The Kier molecular flexibility index (Phi) is 3.60. The first kappa shape index (κ1) is 13.0. The fourth-order valence-corrected chi connectivity index (χ4v) is 2.90. The molecule has 1 aliphatic rings. The maximum absolute atomic E-state index is 4.45. The van der Waals surface area contributed by atoms with Gasteiger partial charge in [-0.25, -0.2) is 4.98 Å². The molecular formula is C14H24N2S. The van der Waals surface area contributed by atoms with Crippen LogP contribution >= 0.6 is 11.3 Å². The summed E-state index contributed by atoms with van der Waals surface area (Å²) in [7, 11) is 0. The normalized spacial score (nSPS) is 20.2. The van der Waals surface area contributed by atoms with Gasteiger partial charge in [-0.1, -0.05) is 6.92 Å². The van der Waals surface area contributed by atoms with Gasteiger partial charge in [0.05, 0.1) is 11.2 Å². The highest BCUT2D eigenvalue weighted by molar-refractivity contribution is 7.07. The number of rotatable bonds is 5. The molecule has 1 aliphatic carbocycles. The summed E-state index contributed by atoms with van der Waals surface area (Å²) in [5, 5.41) is 5.86. The third-order valence-corrected chi connectivity index (χ3v) is 4.29. The molecule has 1 unspecified atom stereocenters. The van der Waals surface area contributed by atoms with Gasteiger partial charge in [-0.05, 0) is 51.4 Å². The fourth-order valence-electron chi connectivity index (χ4n) is 2.34. The van der Waals surface area contributed by atoms with Gasteiger partial charge in [0.2, 0.25) is 0 Å². The largest absolute Gasteiger partial charge is 0.312 e. The van der Waals surface area contributed by atoms with E-state index >= 15 is 0 Å². The summed E-state index contributed by atoms with van der Waals surface area (Å²) in [6.07, 6.45) is 3.91. The second-order valence-electron chi connectivity index (χ2n) is 6.69. The van der Waals surface area contributed by atoms with E-state index in [4.69, 9.17) is 0 Å². The summed E-state index contributed by atoms with van der Waals surface area (Å²) in [6.45, 7) is 10.2. The van der Waals surface area contributed by atoms with Crippen molar-refractivity contribution < 1.29 is 0 Å². The average Bonchev–Trinajstić information content (AvgIpc) is 2.97. The molecule has 1 heterocycles. The number of thiazole rings is 1. The summed E-state index contributed by atoms with van der Waals surface area (Å²) in [5.74, 6) is 0.888. The highest BCUT2D eigenvalue weighted by Crippen LogP contribution is 2.47. The van der Waals surface area contributed by atoms with Crippen LogP contribution in [0.5, 0.6) is 0 Å². The fraction of sp³-hybridized carbons (Fsp3) is 0.786. The lowest BCUT2D eigenvalue weighted by atomic mass is 9.80. The van der Waals surface area contributed by atoms with Gasteiger partial charge in [0.15, 0.2) is 0 Å². The van der Waals surface area contributed by atoms with Crippen LogP contribution < -0.4 is 5.32 Å². The highest BCUT2D eigenvalue weighted by atomic mass is 32.1. The van der Waals surface area contributed by atoms with Crippen molar-refractivity contribution in [3.05, 3.63) is 16.6 Å². The molecule has 2 nitrogen and oxygen atoms in total. The van der Waals surface area contributed by atoms with Crippen molar-refractivity contribution in [1.82, 2.24) is 10.3 Å². The molecule has 0 radical (unpaired) electrons. The molecule has 0 saturated heterocycles. The van der Waals surface area contributed by atoms with Crippen LogP contribution in [0.25, 0.3) is 0 Å². The first-order valence-electron chi connectivity index (χ1n) is 6.51. The van der Waals surface area contributed by atoms with Gasteiger partial charge in [-0.2, -0.15) is 0 Å². The van der Waals surface area contributed by atoms with E-state index < -0.39 is 0 Å². The van der Waals surface area contributed by atoms with Gasteiger partial charge in [-0.15, -0.1) is 11.3 Å². The van der Waals surface area contributed by atoms with Crippen LogP contribution in [0.4, 0.5) is 0 Å². The smallest absolute Gasteiger partial charge is 0.0794 e. The van der Waals surface area contributed by atoms with Crippen LogP contribution in [0.2, 0.25) is 0 Å². The zero-order valence-corrected chi connectivity index (χ0v) is 12.2. The molecule has 0 amide bonds. The van der Waals surface area contributed by atoms with Crippen molar-refractivity contribution in [2.75, 3.05) is 6.54 Å². The van der Waals surface area contributed by atoms with Gasteiger partial charge < -0.3 is 5.32 Å². The molecule has 1 saturated carbocycles. The minimum absolute atomic E-state index is 0.207. The second-order valence-corrected chi connectivity index (χ2v) is 7.41. The van der Waals surface area contributed by atoms with Gasteiger partial charge in [0, 0.05) is 17.5 Å². The Morgan fingerprint density at radius 3 is 2.53 bits per heavy atom. The zero-order valence-electron chi connectivity index (χ0n) is 11.4. The van der Waals surface area contributed by atoms with E-state index in [0.29, 0.717) is 5.41 Å². The van der Waals surface area contributed by atoms with E-state index in [0.717, 1.165) is 18.9 Å². The van der Waals surface area contributed by atoms with Crippen molar-refractivity contribution in [3.8, 4) is 0 Å². The van der Waals surface area contributed by atoms with E-state index in [1.807, 2.05) is 5.51 Å². The number of aromatic nitrogens is 1. The van der Waals surface area contributed by atoms with Crippen molar-refractivity contribution in [2.24, 2.45) is 11.3 Å². The molecule has 1 fully saturated rings. The topological polar surface area (TPSA) is 24.9 Å². The van der Waals surface area contributed by atoms with Crippen LogP contribution in [0.3, 0.4) is 0 Å². The third kappa shape index (κ3) is 3.78. The lowest BCUT2D eigenvalue weighted by Crippen LogP contribution is -2.44. The number of hydrogen-bond acceptors (Lipinski definition) is 3. The molecule has 0 aliphatic heterocycles. The van der Waals surface area contributed by atoms with E-state index in [1.54, 1.807) is 11.3 Å². The van der Waals surface area contributed by atoms with Crippen LogP contribution in [-0.4, -0.2) is 17.1 Å². The Balaban J connectivity index is 1.99. The summed E-state index contributed by atoms with van der Waals surface area (Å²) < 4.78 is 0. The minimum atomic E-state index is 0.207. The lowest BCUT2D eigenvalue weighted by Gasteiger charge is -2.33. The third-order valence-electron chi connectivity index (χ3n) is 3.65. The molecule has 1 aromatic heterocycles. The van der Waals surface area contributed by atoms with Gasteiger partial charge in [0.25, 0.3) is 0 Å². The first-order valence-corrected chi connectivity index (χ1v) is 7.45. The number of nitrogens with zero attached hydrogens (tertiary/aromatic N) is 1. The predicted molar refractivity (Wildman–Crippen MR) is 74.4 cm³/mol.